The molecule has 0 amide bonds. The van der Waals surface area contributed by atoms with Crippen LogP contribution in [0.1, 0.15) is 38.2 Å². The van der Waals surface area contributed by atoms with Crippen LogP contribution in [-0.4, -0.2) is 37.1 Å². The summed E-state index contributed by atoms with van der Waals surface area (Å²) in [5, 5.41) is 3.77. The van der Waals surface area contributed by atoms with Crippen molar-refractivity contribution in [3.8, 4) is 0 Å². The third kappa shape index (κ3) is 3.18. The minimum Gasteiger partial charge on any atom is -0.312 e. The second-order valence-corrected chi connectivity index (χ2v) is 6.44. The van der Waals surface area contributed by atoms with Crippen LogP contribution < -0.4 is 5.32 Å². The van der Waals surface area contributed by atoms with Gasteiger partial charge in [0.25, 0.3) is 0 Å². The van der Waals surface area contributed by atoms with Gasteiger partial charge in [-0.3, -0.25) is 0 Å². The van der Waals surface area contributed by atoms with Gasteiger partial charge in [-0.05, 0) is 51.3 Å². The fourth-order valence-electron chi connectivity index (χ4n) is 3.30. The molecular weight excluding hydrogens is 232 g/mol. The number of nitrogens with one attached hydrogen (secondary N) is 1. The average molecular weight is 258 g/mol. The summed E-state index contributed by atoms with van der Waals surface area (Å²) in [7, 11) is 0. The highest BCUT2D eigenvalue weighted by molar-refractivity contribution is 5.31. The number of hydrogen-bond acceptors (Lipinski definition) is 2. The van der Waals surface area contributed by atoms with Crippen molar-refractivity contribution in [1.29, 1.82) is 0 Å². The minimum absolute atomic E-state index is 0.445. The third-order valence-electron chi connectivity index (χ3n) is 4.76. The second-order valence-electron chi connectivity index (χ2n) is 6.44. The summed E-state index contributed by atoms with van der Waals surface area (Å²) in [6, 6.07) is 11.6. The minimum atomic E-state index is 0.445. The fraction of sp³-hybridized carbons (Fsp3) is 0.647. The van der Waals surface area contributed by atoms with E-state index in [1.807, 2.05) is 0 Å². The number of benzene rings is 1. The Kier molecular flexibility index (Phi) is 3.90. The van der Waals surface area contributed by atoms with E-state index < -0.39 is 0 Å². The summed E-state index contributed by atoms with van der Waals surface area (Å²) in [6.45, 7) is 7.29. The molecule has 1 aliphatic carbocycles. The maximum Gasteiger partial charge on any atom is 0.0167 e. The van der Waals surface area contributed by atoms with Gasteiger partial charge in [-0.1, -0.05) is 30.3 Å². The monoisotopic (exact) mass is 258 g/mol. The summed E-state index contributed by atoms with van der Waals surface area (Å²) in [5.74, 6) is 0. The van der Waals surface area contributed by atoms with Crippen molar-refractivity contribution < 1.29 is 0 Å². The van der Waals surface area contributed by atoms with E-state index in [0.29, 0.717) is 11.5 Å². The average Bonchev–Trinajstić information content (AvgIpc) is 3.08. The van der Waals surface area contributed by atoms with Crippen LogP contribution in [-0.2, 0) is 5.41 Å². The first-order valence-corrected chi connectivity index (χ1v) is 7.80. The molecule has 2 aliphatic rings. The van der Waals surface area contributed by atoms with E-state index in [1.54, 1.807) is 0 Å². The molecule has 0 aromatic heterocycles. The molecule has 1 saturated heterocycles. The number of likely N-dealkylation sites (tertiary alicyclic amines) is 1. The van der Waals surface area contributed by atoms with E-state index in [9.17, 15) is 0 Å². The number of rotatable bonds is 6. The van der Waals surface area contributed by atoms with E-state index >= 15 is 0 Å². The lowest BCUT2D eigenvalue weighted by Crippen LogP contribution is -2.41. The zero-order valence-electron chi connectivity index (χ0n) is 12.1. The van der Waals surface area contributed by atoms with Crippen molar-refractivity contribution in [1.82, 2.24) is 10.2 Å². The molecular formula is C17H26N2. The van der Waals surface area contributed by atoms with E-state index in [0.717, 1.165) is 6.54 Å². The fourth-order valence-corrected chi connectivity index (χ4v) is 3.30. The maximum atomic E-state index is 3.77. The molecule has 0 spiro atoms. The molecule has 1 aliphatic heterocycles. The molecule has 19 heavy (non-hydrogen) atoms. The van der Waals surface area contributed by atoms with E-state index in [-0.39, 0.29) is 0 Å². The van der Waals surface area contributed by atoms with Crippen LogP contribution in [0.4, 0.5) is 0 Å². The van der Waals surface area contributed by atoms with Gasteiger partial charge in [0.15, 0.2) is 0 Å². The summed E-state index contributed by atoms with van der Waals surface area (Å²) in [5.41, 5.74) is 1.97. The van der Waals surface area contributed by atoms with Crippen LogP contribution >= 0.6 is 0 Å². The molecule has 1 N–H and O–H groups in total. The van der Waals surface area contributed by atoms with E-state index in [1.165, 1.54) is 50.9 Å². The summed E-state index contributed by atoms with van der Waals surface area (Å²) in [4.78, 5) is 2.60. The molecule has 0 bridgehead atoms. The normalized spacial score (nSPS) is 23.4. The molecule has 1 saturated carbocycles. The SMILES string of the molecule is CC(CN1CCCC1)NCC1(c2ccccc2)CC1. The zero-order valence-corrected chi connectivity index (χ0v) is 12.1. The lowest BCUT2D eigenvalue weighted by Gasteiger charge is -2.24. The molecule has 1 aromatic rings. The topological polar surface area (TPSA) is 15.3 Å². The summed E-state index contributed by atoms with van der Waals surface area (Å²) < 4.78 is 0. The van der Waals surface area contributed by atoms with Crippen LogP contribution in [0, 0.1) is 0 Å². The highest BCUT2D eigenvalue weighted by Gasteiger charge is 2.43. The van der Waals surface area contributed by atoms with Crippen molar-refractivity contribution in [2.24, 2.45) is 0 Å². The Labute approximate surface area is 117 Å². The van der Waals surface area contributed by atoms with Gasteiger partial charge in [-0.2, -0.15) is 0 Å². The molecule has 1 aromatic carbocycles. The van der Waals surface area contributed by atoms with Crippen LogP contribution in [0.5, 0.6) is 0 Å². The molecule has 3 rings (SSSR count). The Hall–Kier alpha value is -0.860. The van der Waals surface area contributed by atoms with E-state index in [4.69, 9.17) is 0 Å². The quantitative estimate of drug-likeness (QED) is 0.844. The molecule has 1 atom stereocenters. The predicted octanol–water partition coefficient (Wildman–Crippen LogP) is 2.79. The Morgan fingerprint density at radius 1 is 1.16 bits per heavy atom. The third-order valence-corrected chi connectivity index (χ3v) is 4.76. The Morgan fingerprint density at radius 3 is 2.47 bits per heavy atom. The van der Waals surface area contributed by atoms with Gasteiger partial charge in [-0.15, -0.1) is 0 Å². The van der Waals surface area contributed by atoms with Crippen molar-refractivity contribution in [3.63, 3.8) is 0 Å². The van der Waals surface area contributed by atoms with Gasteiger partial charge in [0.1, 0.15) is 0 Å². The van der Waals surface area contributed by atoms with Crippen molar-refractivity contribution in [2.45, 2.75) is 44.1 Å². The first-order chi connectivity index (χ1) is 9.28. The molecule has 0 radical (unpaired) electrons. The molecule has 2 heteroatoms. The van der Waals surface area contributed by atoms with E-state index in [2.05, 4.69) is 47.5 Å². The van der Waals surface area contributed by atoms with Crippen LogP contribution in [0.2, 0.25) is 0 Å². The number of hydrogen-bond donors (Lipinski definition) is 1. The summed E-state index contributed by atoms with van der Waals surface area (Å²) >= 11 is 0. The standard InChI is InChI=1S/C17H26N2/c1-15(13-19-11-5-6-12-19)18-14-17(9-10-17)16-7-3-2-4-8-16/h2-4,7-8,15,18H,5-6,9-14H2,1H3. The Bertz CT molecular complexity index is 391. The molecule has 2 fully saturated rings. The summed E-state index contributed by atoms with van der Waals surface area (Å²) in [6.07, 6.45) is 5.47. The van der Waals surface area contributed by atoms with Crippen molar-refractivity contribution in [2.75, 3.05) is 26.2 Å². The van der Waals surface area contributed by atoms with Gasteiger partial charge >= 0.3 is 0 Å². The molecule has 1 unspecified atom stereocenters. The Morgan fingerprint density at radius 2 is 1.84 bits per heavy atom. The molecule has 1 heterocycles. The van der Waals surface area contributed by atoms with Gasteiger partial charge in [-0.25, -0.2) is 0 Å². The second kappa shape index (κ2) is 5.64. The lowest BCUT2D eigenvalue weighted by atomic mass is 9.96. The highest BCUT2D eigenvalue weighted by atomic mass is 15.2. The van der Waals surface area contributed by atoms with Crippen LogP contribution in [0.3, 0.4) is 0 Å². The molecule has 104 valence electrons. The van der Waals surface area contributed by atoms with Gasteiger partial charge < -0.3 is 10.2 Å². The Balaban J connectivity index is 1.49. The first kappa shape index (κ1) is 13.1. The van der Waals surface area contributed by atoms with Gasteiger partial charge in [0.05, 0.1) is 0 Å². The van der Waals surface area contributed by atoms with Crippen LogP contribution in [0.15, 0.2) is 30.3 Å². The lowest BCUT2D eigenvalue weighted by molar-refractivity contribution is 0.295. The van der Waals surface area contributed by atoms with Crippen molar-refractivity contribution >= 4 is 0 Å². The smallest absolute Gasteiger partial charge is 0.0167 e. The molecule has 2 nitrogen and oxygen atoms in total. The first-order valence-electron chi connectivity index (χ1n) is 7.80. The zero-order chi connectivity index (χ0) is 13.1. The van der Waals surface area contributed by atoms with Crippen molar-refractivity contribution in [3.05, 3.63) is 35.9 Å². The maximum absolute atomic E-state index is 3.77. The predicted molar refractivity (Wildman–Crippen MR) is 80.5 cm³/mol. The largest absolute Gasteiger partial charge is 0.312 e. The van der Waals surface area contributed by atoms with Gasteiger partial charge in [0, 0.05) is 24.5 Å². The van der Waals surface area contributed by atoms with Gasteiger partial charge in [0.2, 0.25) is 0 Å². The van der Waals surface area contributed by atoms with Crippen LogP contribution in [0.25, 0.3) is 0 Å². The number of nitrogens with zero attached hydrogens (tertiary/aromatic N) is 1. The highest BCUT2D eigenvalue weighted by Crippen LogP contribution is 2.47.